The molecule has 0 fully saturated rings. The lowest BCUT2D eigenvalue weighted by Gasteiger charge is -2.15. The van der Waals surface area contributed by atoms with Crippen LogP contribution in [0.2, 0.25) is 0 Å². The van der Waals surface area contributed by atoms with E-state index in [9.17, 15) is 14.4 Å². The van der Waals surface area contributed by atoms with E-state index in [1.165, 1.54) is 22.9 Å². The maximum absolute atomic E-state index is 12.5. The van der Waals surface area contributed by atoms with Crippen molar-refractivity contribution in [3.05, 3.63) is 87.6 Å². The van der Waals surface area contributed by atoms with Gasteiger partial charge in [0.05, 0.1) is 17.8 Å². The van der Waals surface area contributed by atoms with Crippen LogP contribution in [-0.4, -0.2) is 26.2 Å². The van der Waals surface area contributed by atoms with Crippen LogP contribution >= 0.6 is 0 Å². The zero-order chi connectivity index (χ0) is 21.7. The first-order valence-electron chi connectivity index (χ1n) is 9.65. The molecule has 156 valence electrons. The molecular formula is C22H25N5O3. The van der Waals surface area contributed by atoms with Gasteiger partial charge in [-0.05, 0) is 25.5 Å². The summed E-state index contributed by atoms with van der Waals surface area (Å²) in [5.74, 6) is -0.637. The van der Waals surface area contributed by atoms with Crippen LogP contribution in [0.25, 0.3) is 0 Å². The van der Waals surface area contributed by atoms with Crippen molar-refractivity contribution in [2.45, 2.75) is 33.0 Å². The molecule has 8 heteroatoms. The summed E-state index contributed by atoms with van der Waals surface area (Å²) in [6.07, 6.45) is 3.12. The fourth-order valence-corrected chi connectivity index (χ4v) is 3.13. The number of pyridine rings is 1. The number of nitrogens with one attached hydrogen (secondary N) is 2. The number of hydrogen-bond acceptors (Lipinski definition) is 4. The fourth-order valence-electron chi connectivity index (χ4n) is 3.13. The third kappa shape index (κ3) is 5.02. The molecule has 0 aliphatic rings. The van der Waals surface area contributed by atoms with Crippen molar-refractivity contribution in [2.75, 3.05) is 0 Å². The van der Waals surface area contributed by atoms with Crippen molar-refractivity contribution in [3.8, 4) is 0 Å². The number of nitrogens with zero attached hydrogens (tertiary/aromatic N) is 3. The highest BCUT2D eigenvalue weighted by Crippen LogP contribution is 2.15. The molecule has 2 heterocycles. The van der Waals surface area contributed by atoms with Crippen LogP contribution in [-0.2, 0) is 24.9 Å². The number of benzene rings is 1. The normalized spacial score (nSPS) is 11.7. The van der Waals surface area contributed by atoms with Crippen LogP contribution in [0.3, 0.4) is 0 Å². The highest BCUT2D eigenvalue weighted by Gasteiger charge is 2.16. The molecule has 1 atom stereocenters. The van der Waals surface area contributed by atoms with Gasteiger partial charge in [0.1, 0.15) is 6.54 Å². The predicted molar refractivity (Wildman–Crippen MR) is 113 cm³/mol. The van der Waals surface area contributed by atoms with E-state index in [2.05, 4.69) is 15.7 Å². The second-order valence-electron chi connectivity index (χ2n) is 7.15. The molecule has 8 nitrogen and oxygen atoms in total. The second-order valence-corrected chi connectivity index (χ2v) is 7.15. The number of carbonyl (C=O) groups excluding carboxylic acids is 2. The second kappa shape index (κ2) is 9.21. The van der Waals surface area contributed by atoms with Gasteiger partial charge in [-0.3, -0.25) is 19.1 Å². The number of aryl methyl sites for hydroxylation is 1. The minimum atomic E-state index is -0.352. The van der Waals surface area contributed by atoms with Crippen molar-refractivity contribution in [2.24, 2.45) is 7.05 Å². The summed E-state index contributed by atoms with van der Waals surface area (Å²) in [4.78, 5) is 37.1. The minimum Gasteiger partial charge on any atom is -0.348 e. The first-order valence-corrected chi connectivity index (χ1v) is 9.65. The van der Waals surface area contributed by atoms with Crippen molar-refractivity contribution < 1.29 is 9.59 Å². The van der Waals surface area contributed by atoms with Gasteiger partial charge in [-0.1, -0.05) is 30.3 Å². The standard InChI is InChI=1S/C22H25N5O3/c1-15(19-12-24-26(3)16(19)2)25-20(28)14-27-13-18(9-10-21(27)29)22(30)23-11-17-7-5-4-6-8-17/h4-10,12-13,15H,11,14H2,1-3H3,(H,23,30)(H,25,28)/t15-/m0/s1. The van der Waals surface area contributed by atoms with Gasteiger partial charge in [0.15, 0.2) is 0 Å². The first-order chi connectivity index (χ1) is 14.3. The summed E-state index contributed by atoms with van der Waals surface area (Å²) in [5, 5.41) is 9.86. The molecule has 1 aromatic carbocycles. The van der Waals surface area contributed by atoms with Crippen LogP contribution in [0, 0.1) is 6.92 Å². The average molecular weight is 407 g/mol. The van der Waals surface area contributed by atoms with Crippen LogP contribution in [0.5, 0.6) is 0 Å². The van der Waals surface area contributed by atoms with Gasteiger partial charge in [-0.25, -0.2) is 0 Å². The molecule has 3 rings (SSSR count). The topological polar surface area (TPSA) is 98.0 Å². The lowest BCUT2D eigenvalue weighted by molar-refractivity contribution is -0.122. The van der Waals surface area contributed by atoms with E-state index in [1.54, 1.807) is 10.9 Å². The zero-order valence-corrected chi connectivity index (χ0v) is 17.3. The Kier molecular flexibility index (Phi) is 6.46. The molecule has 0 aliphatic carbocycles. The molecule has 0 bridgehead atoms. The van der Waals surface area contributed by atoms with E-state index in [1.807, 2.05) is 51.2 Å². The maximum Gasteiger partial charge on any atom is 0.253 e. The molecule has 2 amide bonds. The molecule has 0 unspecified atom stereocenters. The Balaban J connectivity index is 1.64. The van der Waals surface area contributed by atoms with E-state index in [0.29, 0.717) is 12.1 Å². The van der Waals surface area contributed by atoms with Gasteiger partial charge in [0, 0.05) is 37.1 Å². The Hall–Kier alpha value is -3.68. The molecule has 2 aromatic heterocycles. The Morgan fingerprint density at radius 1 is 1.13 bits per heavy atom. The number of rotatable bonds is 7. The van der Waals surface area contributed by atoms with Crippen molar-refractivity contribution in [3.63, 3.8) is 0 Å². The summed E-state index contributed by atoms with van der Waals surface area (Å²) in [5.41, 5.74) is 2.80. The maximum atomic E-state index is 12.5. The van der Waals surface area contributed by atoms with E-state index in [0.717, 1.165) is 16.8 Å². The minimum absolute atomic E-state index is 0.178. The van der Waals surface area contributed by atoms with Gasteiger partial charge in [0.25, 0.3) is 11.5 Å². The fraction of sp³-hybridized carbons (Fsp3) is 0.273. The molecule has 0 saturated heterocycles. The smallest absolute Gasteiger partial charge is 0.253 e. The lowest BCUT2D eigenvalue weighted by Crippen LogP contribution is -2.34. The summed E-state index contributed by atoms with van der Waals surface area (Å²) in [6.45, 7) is 3.98. The van der Waals surface area contributed by atoms with Gasteiger partial charge >= 0.3 is 0 Å². The van der Waals surface area contributed by atoms with E-state index < -0.39 is 0 Å². The summed E-state index contributed by atoms with van der Waals surface area (Å²) in [6, 6.07) is 12.0. The average Bonchev–Trinajstić information content (AvgIpc) is 3.07. The Labute approximate surface area is 174 Å². The number of carbonyl (C=O) groups is 2. The molecular weight excluding hydrogens is 382 g/mol. The summed E-state index contributed by atoms with van der Waals surface area (Å²) in [7, 11) is 1.83. The van der Waals surface area contributed by atoms with Gasteiger partial charge in [-0.2, -0.15) is 5.10 Å². The molecule has 2 N–H and O–H groups in total. The zero-order valence-electron chi connectivity index (χ0n) is 17.3. The van der Waals surface area contributed by atoms with E-state index in [4.69, 9.17) is 0 Å². The highest BCUT2D eigenvalue weighted by molar-refractivity contribution is 5.93. The van der Waals surface area contributed by atoms with Gasteiger partial charge < -0.3 is 15.2 Å². The Morgan fingerprint density at radius 3 is 2.53 bits per heavy atom. The number of amides is 2. The third-order valence-corrected chi connectivity index (χ3v) is 4.97. The molecule has 0 spiro atoms. The molecule has 0 radical (unpaired) electrons. The van der Waals surface area contributed by atoms with Crippen LogP contribution in [0.15, 0.2) is 59.7 Å². The molecule has 30 heavy (non-hydrogen) atoms. The SMILES string of the molecule is Cc1c([C@H](C)NC(=O)Cn2cc(C(=O)NCc3ccccc3)ccc2=O)cnn1C. The van der Waals surface area contributed by atoms with Crippen molar-refractivity contribution in [1.82, 2.24) is 25.0 Å². The summed E-state index contributed by atoms with van der Waals surface area (Å²) < 4.78 is 2.97. The Bertz CT molecular complexity index is 1100. The Morgan fingerprint density at radius 2 is 1.87 bits per heavy atom. The lowest BCUT2D eigenvalue weighted by atomic mass is 10.1. The highest BCUT2D eigenvalue weighted by atomic mass is 16.2. The third-order valence-electron chi connectivity index (χ3n) is 4.97. The van der Waals surface area contributed by atoms with E-state index in [-0.39, 0.29) is 30.0 Å². The van der Waals surface area contributed by atoms with Gasteiger partial charge in [-0.15, -0.1) is 0 Å². The predicted octanol–water partition coefficient (Wildman–Crippen LogP) is 1.70. The molecule has 0 aliphatic heterocycles. The van der Waals surface area contributed by atoms with Gasteiger partial charge in [0.2, 0.25) is 5.91 Å². The molecule has 3 aromatic rings. The largest absolute Gasteiger partial charge is 0.348 e. The molecule has 0 saturated carbocycles. The summed E-state index contributed by atoms with van der Waals surface area (Å²) >= 11 is 0. The first kappa shape index (κ1) is 21.0. The van der Waals surface area contributed by atoms with Crippen LogP contribution in [0.4, 0.5) is 0 Å². The number of hydrogen-bond donors (Lipinski definition) is 2. The van der Waals surface area contributed by atoms with Crippen LogP contribution < -0.4 is 16.2 Å². The quantitative estimate of drug-likeness (QED) is 0.623. The number of aromatic nitrogens is 3. The van der Waals surface area contributed by atoms with E-state index >= 15 is 0 Å². The van der Waals surface area contributed by atoms with Crippen molar-refractivity contribution >= 4 is 11.8 Å². The monoisotopic (exact) mass is 407 g/mol. The van der Waals surface area contributed by atoms with Crippen molar-refractivity contribution in [1.29, 1.82) is 0 Å². The van der Waals surface area contributed by atoms with Crippen LogP contribution in [0.1, 0.15) is 40.1 Å².